The number of hydrogen-bond donors (Lipinski definition) is 3. The van der Waals surface area contributed by atoms with Crippen LogP contribution in [0.15, 0.2) is 0 Å². The van der Waals surface area contributed by atoms with Crippen LogP contribution in [0.5, 0.6) is 0 Å². The van der Waals surface area contributed by atoms with Gasteiger partial charge >= 0.3 is 0 Å². The summed E-state index contributed by atoms with van der Waals surface area (Å²) in [7, 11) is 0. The highest BCUT2D eigenvalue weighted by Crippen LogP contribution is 2.12. The Morgan fingerprint density at radius 3 is 2.14 bits per heavy atom. The lowest BCUT2D eigenvalue weighted by molar-refractivity contribution is -0.126. The van der Waals surface area contributed by atoms with Crippen molar-refractivity contribution in [2.75, 3.05) is 6.54 Å². The van der Waals surface area contributed by atoms with Crippen LogP contribution < -0.4 is 16.8 Å². The molecule has 1 atom stereocenters. The van der Waals surface area contributed by atoms with E-state index in [1.54, 1.807) is 13.8 Å². The minimum atomic E-state index is -0.664. The van der Waals surface area contributed by atoms with Gasteiger partial charge in [-0.25, -0.2) is 0 Å². The lowest BCUT2D eigenvalue weighted by Gasteiger charge is -2.23. The molecule has 0 bridgehead atoms. The molecule has 0 aliphatic heterocycles. The predicted octanol–water partition coefficient (Wildman–Crippen LogP) is -0.649. The van der Waals surface area contributed by atoms with E-state index in [1.165, 1.54) is 0 Å². The van der Waals surface area contributed by atoms with Crippen LogP contribution in [-0.2, 0) is 9.59 Å². The first-order valence-electron chi connectivity index (χ1n) is 4.64. The third-order valence-corrected chi connectivity index (χ3v) is 2.21. The summed E-state index contributed by atoms with van der Waals surface area (Å²) in [6, 6.07) is -0.395. The molecule has 0 fully saturated rings. The smallest absolute Gasteiger partial charge is 0.234 e. The van der Waals surface area contributed by atoms with Crippen molar-refractivity contribution in [3.8, 4) is 0 Å². The topological polar surface area (TPSA) is 98.2 Å². The quantitative estimate of drug-likeness (QED) is 0.532. The molecule has 0 rings (SSSR count). The van der Waals surface area contributed by atoms with Crippen LogP contribution in [0, 0.1) is 5.41 Å². The second-order valence-corrected chi connectivity index (χ2v) is 3.99. The van der Waals surface area contributed by atoms with Gasteiger partial charge in [0.15, 0.2) is 0 Å². The highest BCUT2D eigenvalue weighted by atomic mass is 16.2. The highest BCUT2D eigenvalue weighted by Gasteiger charge is 2.26. The fraction of sp³-hybridized carbons (Fsp3) is 0.778. The standard InChI is InChI=1S/C9H19N3O2/c1-4-6(7(10)13)12-5-9(2,3)8(11)14/h6,12H,4-5H2,1-3H3,(H2,10,13)(H2,11,14). The zero-order chi connectivity index (χ0) is 11.4. The molecule has 0 aliphatic carbocycles. The van der Waals surface area contributed by atoms with Crippen molar-refractivity contribution < 1.29 is 9.59 Å². The molecule has 14 heavy (non-hydrogen) atoms. The SMILES string of the molecule is CCC(NCC(C)(C)C(N)=O)C(N)=O. The van der Waals surface area contributed by atoms with Crippen molar-refractivity contribution in [2.24, 2.45) is 16.9 Å². The fourth-order valence-electron chi connectivity index (χ4n) is 0.912. The summed E-state index contributed by atoms with van der Waals surface area (Å²) in [6.07, 6.45) is 0.601. The third kappa shape index (κ3) is 3.74. The summed E-state index contributed by atoms with van der Waals surface area (Å²) in [5.41, 5.74) is 9.65. The lowest BCUT2D eigenvalue weighted by Crippen LogP contribution is -2.48. The van der Waals surface area contributed by atoms with Gasteiger partial charge in [-0.3, -0.25) is 9.59 Å². The van der Waals surface area contributed by atoms with Gasteiger partial charge < -0.3 is 16.8 Å². The summed E-state index contributed by atoms with van der Waals surface area (Å²) in [5, 5.41) is 2.92. The molecule has 0 aliphatic rings. The van der Waals surface area contributed by atoms with E-state index in [9.17, 15) is 9.59 Å². The van der Waals surface area contributed by atoms with Crippen LogP contribution in [0.2, 0.25) is 0 Å². The van der Waals surface area contributed by atoms with E-state index in [0.717, 1.165) is 0 Å². The zero-order valence-corrected chi connectivity index (χ0v) is 8.96. The number of hydrogen-bond acceptors (Lipinski definition) is 3. The Hall–Kier alpha value is -1.10. The van der Waals surface area contributed by atoms with Gasteiger partial charge in [-0.05, 0) is 20.3 Å². The Kier molecular flexibility index (Phi) is 4.56. The van der Waals surface area contributed by atoms with Gasteiger partial charge in [-0.2, -0.15) is 0 Å². The number of carbonyl (C=O) groups is 2. The van der Waals surface area contributed by atoms with Gasteiger partial charge in [0, 0.05) is 6.54 Å². The minimum Gasteiger partial charge on any atom is -0.369 e. The maximum atomic E-state index is 11.0. The van der Waals surface area contributed by atoms with Crippen LogP contribution in [0.25, 0.3) is 0 Å². The molecule has 0 aromatic heterocycles. The second-order valence-electron chi connectivity index (χ2n) is 3.99. The van der Waals surface area contributed by atoms with Crippen molar-refractivity contribution in [3.63, 3.8) is 0 Å². The first-order valence-corrected chi connectivity index (χ1v) is 4.64. The van der Waals surface area contributed by atoms with Gasteiger partial charge in [0.05, 0.1) is 11.5 Å². The van der Waals surface area contributed by atoms with Crippen LogP contribution in [0.3, 0.4) is 0 Å². The third-order valence-electron chi connectivity index (χ3n) is 2.21. The monoisotopic (exact) mass is 201 g/mol. The number of amides is 2. The molecular formula is C9H19N3O2. The van der Waals surface area contributed by atoms with E-state index in [1.807, 2.05) is 6.92 Å². The molecule has 0 spiro atoms. The molecule has 0 saturated heterocycles. The molecule has 1 unspecified atom stereocenters. The molecule has 0 saturated carbocycles. The normalized spacial score (nSPS) is 13.6. The Morgan fingerprint density at radius 1 is 1.36 bits per heavy atom. The largest absolute Gasteiger partial charge is 0.369 e. The molecular weight excluding hydrogens is 182 g/mol. The summed E-state index contributed by atoms with van der Waals surface area (Å²) >= 11 is 0. The first kappa shape index (κ1) is 12.9. The Bertz CT molecular complexity index is 226. The molecule has 0 aromatic carbocycles. The van der Waals surface area contributed by atoms with Gasteiger partial charge in [-0.15, -0.1) is 0 Å². The molecule has 0 aromatic rings. The van der Waals surface area contributed by atoms with E-state index in [4.69, 9.17) is 11.5 Å². The number of nitrogens with two attached hydrogens (primary N) is 2. The van der Waals surface area contributed by atoms with Crippen molar-refractivity contribution in [1.29, 1.82) is 0 Å². The van der Waals surface area contributed by atoms with Crippen molar-refractivity contribution in [1.82, 2.24) is 5.32 Å². The van der Waals surface area contributed by atoms with Gasteiger partial charge in [0.2, 0.25) is 11.8 Å². The lowest BCUT2D eigenvalue weighted by atomic mass is 9.92. The molecule has 5 N–H and O–H groups in total. The number of primary amides is 2. The number of carbonyl (C=O) groups excluding carboxylic acids is 2. The van der Waals surface area contributed by atoms with E-state index in [2.05, 4.69) is 5.32 Å². The van der Waals surface area contributed by atoms with E-state index < -0.39 is 23.3 Å². The highest BCUT2D eigenvalue weighted by molar-refractivity contribution is 5.81. The fourth-order valence-corrected chi connectivity index (χ4v) is 0.912. The van der Waals surface area contributed by atoms with Crippen molar-refractivity contribution in [2.45, 2.75) is 33.2 Å². The molecule has 5 heteroatoms. The van der Waals surface area contributed by atoms with Crippen LogP contribution >= 0.6 is 0 Å². The molecule has 5 nitrogen and oxygen atoms in total. The molecule has 82 valence electrons. The maximum Gasteiger partial charge on any atom is 0.234 e. The summed E-state index contributed by atoms with van der Waals surface area (Å²) in [6.45, 7) is 5.63. The van der Waals surface area contributed by atoms with Crippen LogP contribution in [-0.4, -0.2) is 24.4 Å². The average molecular weight is 201 g/mol. The Morgan fingerprint density at radius 2 is 1.86 bits per heavy atom. The predicted molar refractivity (Wildman–Crippen MR) is 54.3 cm³/mol. The van der Waals surface area contributed by atoms with Crippen molar-refractivity contribution in [3.05, 3.63) is 0 Å². The minimum absolute atomic E-state index is 0.351. The molecule has 2 amide bonds. The van der Waals surface area contributed by atoms with Crippen molar-refractivity contribution >= 4 is 11.8 Å². The van der Waals surface area contributed by atoms with Gasteiger partial charge in [0.1, 0.15) is 0 Å². The van der Waals surface area contributed by atoms with Crippen LogP contribution in [0.4, 0.5) is 0 Å². The summed E-state index contributed by atoms with van der Waals surface area (Å²) < 4.78 is 0. The maximum absolute atomic E-state index is 11.0. The van der Waals surface area contributed by atoms with Gasteiger partial charge in [-0.1, -0.05) is 6.92 Å². The molecule has 0 radical (unpaired) electrons. The first-order chi connectivity index (χ1) is 6.31. The van der Waals surface area contributed by atoms with E-state index in [0.29, 0.717) is 13.0 Å². The van der Waals surface area contributed by atoms with Gasteiger partial charge in [0.25, 0.3) is 0 Å². The summed E-state index contributed by atoms with van der Waals surface area (Å²) in [5.74, 6) is -0.808. The van der Waals surface area contributed by atoms with E-state index >= 15 is 0 Å². The second kappa shape index (κ2) is 4.95. The molecule has 0 heterocycles. The average Bonchev–Trinajstić information content (AvgIpc) is 2.04. The number of rotatable bonds is 6. The van der Waals surface area contributed by atoms with Crippen LogP contribution in [0.1, 0.15) is 27.2 Å². The van der Waals surface area contributed by atoms with E-state index in [-0.39, 0.29) is 0 Å². The zero-order valence-electron chi connectivity index (χ0n) is 8.96. The summed E-state index contributed by atoms with van der Waals surface area (Å²) in [4.78, 5) is 21.8. The number of nitrogens with one attached hydrogen (secondary N) is 1. The Balaban J connectivity index is 4.16. The Labute approximate surface area is 84.2 Å².